The fourth-order valence-electron chi connectivity index (χ4n) is 5.07. The number of aromatic nitrogens is 1. The van der Waals surface area contributed by atoms with Crippen LogP contribution in [-0.2, 0) is 20.9 Å². The highest BCUT2D eigenvalue weighted by Gasteiger charge is 2.31. The minimum atomic E-state index is -1.40. The van der Waals surface area contributed by atoms with Gasteiger partial charge in [-0.2, -0.15) is 0 Å². The molecule has 2 amide bonds. The molecule has 0 fully saturated rings. The number of nitrogens with one attached hydrogen (secondary N) is 3. The van der Waals surface area contributed by atoms with Crippen LogP contribution in [0.15, 0.2) is 60.8 Å². The quantitative estimate of drug-likeness (QED) is 0.0986. The molecule has 0 spiro atoms. The summed E-state index contributed by atoms with van der Waals surface area (Å²) in [6.45, 7) is 13.4. The molecule has 0 saturated heterocycles. The number of rotatable bonds is 17. The largest absolute Gasteiger partial charge is 0.481 e. The molecule has 3 aromatic rings. The molecule has 282 valence electrons. The Labute approximate surface area is 300 Å². The first-order valence-electron chi connectivity index (χ1n) is 17.0. The average molecular weight is 733 g/mol. The van der Waals surface area contributed by atoms with Crippen LogP contribution in [0.2, 0.25) is 25.7 Å². The van der Waals surface area contributed by atoms with E-state index < -0.39 is 49.1 Å². The number of hydrogen-bond acceptors (Lipinski definition) is 7. The van der Waals surface area contributed by atoms with Crippen molar-refractivity contribution in [1.29, 1.82) is 0 Å². The van der Waals surface area contributed by atoms with Gasteiger partial charge in [0.15, 0.2) is 0 Å². The minimum absolute atomic E-state index is 0.0409. The van der Waals surface area contributed by atoms with Crippen molar-refractivity contribution in [2.75, 3.05) is 32.9 Å². The number of amides is 2. The van der Waals surface area contributed by atoms with Crippen LogP contribution in [0.3, 0.4) is 0 Å². The number of carboxylic acid groups (broad SMARTS) is 1. The maximum Gasteiger partial charge on any atom is 0.407 e. The second kappa shape index (κ2) is 20.7. The molecule has 1 aromatic heterocycles. The molecule has 0 aliphatic heterocycles. The van der Waals surface area contributed by atoms with Crippen LogP contribution in [0, 0.1) is 17.0 Å². The standard InChI is InChI=1S/C35H48F2N4O5Si.C2H6O2/c1-35(2,3)33(38-20-27(40-31(42)14-15-32(43)44)21-39-34(45)46-16-17-47(4,5)6)30-18-25(28-19-26(36)12-13-29(28)37)23-41(30)22-24-10-8-7-9-11-24;3-1-2-4/h7-13,18-19,23,27,33,38H,14-17,20-22H2,1-6H3,(H,39,45)(H,40,42)(H,43,44);3-4H,1-2H2/t27-,33-;/m0./s1. The number of carboxylic acids is 1. The SMILES string of the molecule is CC(C)(C)[C@@H](NC[C@@H](CNC(=O)OCC[Si](C)(C)C)NC(=O)CCC(=O)O)c1cc(-c2cc(F)ccc2F)cn1Cc1ccccc1.OCCO. The lowest BCUT2D eigenvalue weighted by atomic mass is 9.84. The summed E-state index contributed by atoms with van der Waals surface area (Å²) in [4.78, 5) is 36.2. The Hall–Kier alpha value is -4.11. The van der Waals surface area contributed by atoms with Crippen molar-refractivity contribution in [1.82, 2.24) is 20.5 Å². The maximum absolute atomic E-state index is 14.9. The number of aliphatic hydroxyl groups is 2. The van der Waals surface area contributed by atoms with Gasteiger partial charge in [0.05, 0.1) is 38.3 Å². The normalized spacial score (nSPS) is 12.7. The number of ether oxygens (including phenoxy) is 1. The summed E-state index contributed by atoms with van der Waals surface area (Å²) in [6, 6.07) is 14.9. The maximum atomic E-state index is 14.9. The van der Waals surface area contributed by atoms with Crippen molar-refractivity contribution >= 4 is 26.0 Å². The molecule has 0 unspecified atom stereocenters. The van der Waals surface area contributed by atoms with Crippen molar-refractivity contribution < 1.29 is 43.2 Å². The molecule has 0 bridgehead atoms. The molecule has 1 heterocycles. The monoisotopic (exact) mass is 732 g/mol. The van der Waals surface area contributed by atoms with E-state index in [1.54, 1.807) is 0 Å². The van der Waals surface area contributed by atoms with E-state index in [0.717, 1.165) is 29.4 Å². The molecule has 0 aliphatic carbocycles. The molecule has 3 rings (SSSR count). The Morgan fingerprint density at radius 2 is 1.61 bits per heavy atom. The molecule has 0 aliphatic rings. The molecule has 2 atom stereocenters. The zero-order valence-electron chi connectivity index (χ0n) is 30.5. The first-order chi connectivity index (χ1) is 23.9. The van der Waals surface area contributed by atoms with E-state index >= 15 is 0 Å². The van der Waals surface area contributed by atoms with Crippen molar-refractivity contribution in [3.8, 4) is 11.1 Å². The molecular formula is C37H54F2N4O7Si. The van der Waals surface area contributed by atoms with Crippen LogP contribution in [0.1, 0.15) is 50.9 Å². The van der Waals surface area contributed by atoms with Crippen LogP contribution in [0.4, 0.5) is 13.6 Å². The summed E-state index contributed by atoms with van der Waals surface area (Å²) in [5.74, 6) is -2.63. The van der Waals surface area contributed by atoms with Crippen LogP contribution in [0.5, 0.6) is 0 Å². The van der Waals surface area contributed by atoms with Gasteiger partial charge in [-0.15, -0.1) is 0 Å². The molecule has 2 aromatic carbocycles. The fraction of sp³-hybridized carbons (Fsp3) is 0.486. The predicted octanol–water partition coefficient (Wildman–Crippen LogP) is 5.54. The van der Waals surface area contributed by atoms with Crippen LogP contribution < -0.4 is 16.0 Å². The van der Waals surface area contributed by atoms with Crippen molar-refractivity contribution in [3.05, 3.63) is 83.7 Å². The number of alkyl carbamates (subject to hydrolysis) is 1. The number of aliphatic carboxylic acids is 1. The van der Waals surface area contributed by atoms with Gasteiger partial charge in [-0.1, -0.05) is 70.7 Å². The number of carbonyl (C=O) groups excluding carboxylic acids is 2. The zero-order chi connectivity index (χ0) is 38.2. The van der Waals surface area contributed by atoms with E-state index in [4.69, 9.17) is 20.1 Å². The minimum Gasteiger partial charge on any atom is -0.481 e. The Kier molecular flexibility index (Phi) is 17.4. The van der Waals surface area contributed by atoms with Gasteiger partial charge in [-0.3, -0.25) is 9.59 Å². The molecule has 6 N–H and O–H groups in total. The average Bonchev–Trinajstić information content (AvgIpc) is 3.45. The Bertz CT molecular complexity index is 1540. The van der Waals surface area contributed by atoms with Gasteiger partial charge in [-0.05, 0) is 41.3 Å². The third-order valence-corrected chi connectivity index (χ3v) is 9.41. The second-order valence-corrected chi connectivity index (χ2v) is 20.2. The number of nitrogens with zero attached hydrogens (tertiary/aromatic N) is 1. The van der Waals surface area contributed by atoms with Gasteiger partial charge in [-0.25, -0.2) is 13.6 Å². The highest BCUT2D eigenvalue weighted by molar-refractivity contribution is 6.76. The van der Waals surface area contributed by atoms with Crippen LogP contribution >= 0.6 is 0 Å². The van der Waals surface area contributed by atoms with Gasteiger partial charge < -0.3 is 40.6 Å². The van der Waals surface area contributed by atoms with E-state index in [0.29, 0.717) is 18.7 Å². The van der Waals surface area contributed by atoms with Crippen molar-refractivity contribution in [2.45, 2.75) is 77.9 Å². The summed E-state index contributed by atoms with van der Waals surface area (Å²) in [6.07, 6.45) is 0.676. The number of halogens is 2. The number of carbonyl (C=O) groups is 3. The lowest BCUT2D eigenvalue weighted by Crippen LogP contribution is -2.50. The Morgan fingerprint density at radius 3 is 2.20 bits per heavy atom. The van der Waals surface area contributed by atoms with E-state index in [1.165, 1.54) is 6.07 Å². The summed E-state index contributed by atoms with van der Waals surface area (Å²) in [7, 11) is -1.40. The molecule has 14 heteroatoms. The number of benzene rings is 2. The van der Waals surface area contributed by atoms with Gasteiger partial charge in [0.2, 0.25) is 5.91 Å². The van der Waals surface area contributed by atoms with Gasteiger partial charge >= 0.3 is 12.1 Å². The van der Waals surface area contributed by atoms with E-state index in [1.807, 2.05) is 67.9 Å². The first-order valence-corrected chi connectivity index (χ1v) is 20.7. The van der Waals surface area contributed by atoms with Gasteiger partial charge in [0.25, 0.3) is 0 Å². The van der Waals surface area contributed by atoms with E-state index in [-0.39, 0.29) is 50.8 Å². The van der Waals surface area contributed by atoms with E-state index in [2.05, 4.69) is 35.6 Å². The molecular weight excluding hydrogens is 679 g/mol. The van der Waals surface area contributed by atoms with E-state index in [9.17, 15) is 23.2 Å². The summed E-state index contributed by atoms with van der Waals surface area (Å²) >= 11 is 0. The third-order valence-electron chi connectivity index (χ3n) is 7.70. The predicted molar refractivity (Wildman–Crippen MR) is 196 cm³/mol. The lowest BCUT2D eigenvalue weighted by Gasteiger charge is -2.34. The third kappa shape index (κ3) is 16.2. The summed E-state index contributed by atoms with van der Waals surface area (Å²) in [5, 5.41) is 33.4. The van der Waals surface area contributed by atoms with Crippen molar-refractivity contribution in [3.63, 3.8) is 0 Å². The Balaban J connectivity index is 0.00000213. The first kappa shape index (κ1) is 43.1. The smallest absolute Gasteiger partial charge is 0.407 e. The van der Waals surface area contributed by atoms with Crippen LogP contribution in [0.25, 0.3) is 11.1 Å². The number of aliphatic hydroxyl groups excluding tert-OH is 2. The van der Waals surface area contributed by atoms with Crippen LogP contribution in [-0.4, -0.2) is 84.9 Å². The summed E-state index contributed by atoms with van der Waals surface area (Å²) in [5.41, 5.74) is 2.10. The second-order valence-electron chi connectivity index (χ2n) is 14.5. The highest BCUT2D eigenvalue weighted by Crippen LogP contribution is 2.37. The molecule has 51 heavy (non-hydrogen) atoms. The van der Waals surface area contributed by atoms with Gasteiger partial charge in [0, 0.05) is 57.1 Å². The highest BCUT2D eigenvalue weighted by atomic mass is 28.3. The molecule has 11 nitrogen and oxygen atoms in total. The Morgan fingerprint density at radius 1 is 0.941 bits per heavy atom. The van der Waals surface area contributed by atoms with Gasteiger partial charge in [0.1, 0.15) is 11.6 Å². The topological polar surface area (TPSA) is 162 Å². The van der Waals surface area contributed by atoms with Crippen molar-refractivity contribution in [2.24, 2.45) is 5.41 Å². The lowest BCUT2D eigenvalue weighted by molar-refractivity contribution is -0.138. The summed E-state index contributed by atoms with van der Waals surface area (Å²) < 4.78 is 36.5. The molecule has 0 saturated carbocycles. The zero-order valence-corrected chi connectivity index (χ0v) is 31.5. The number of hydrogen-bond donors (Lipinski definition) is 6. The molecule has 0 radical (unpaired) electrons. The fourth-order valence-corrected chi connectivity index (χ4v) is 5.79.